The molecule has 2 amide bonds. The Morgan fingerprint density at radius 1 is 1.10 bits per heavy atom. The molecule has 0 bridgehead atoms. The summed E-state index contributed by atoms with van der Waals surface area (Å²) in [5.41, 5.74) is 2.38. The molecule has 8 heteroatoms. The lowest BCUT2D eigenvalue weighted by molar-refractivity contribution is -0.135. The van der Waals surface area contributed by atoms with Crippen LogP contribution in [0.1, 0.15) is 56.1 Å². The molecule has 2 saturated heterocycles. The number of benzene rings is 2. The van der Waals surface area contributed by atoms with E-state index >= 15 is 0 Å². The monoisotopic (exact) mass is 639 g/mol. The number of fused-ring (bicyclic) bond motifs is 1. The third kappa shape index (κ3) is 8.17. The largest absolute Gasteiger partial charge is 0.496 e. The molecule has 2 heterocycles. The molecule has 2 aromatic carbocycles. The van der Waals surface area contributed by atoms with Crippen molar-refractivity contribution in [2.45, 2.75) is 62.7 Å². The molecule has 1 saturated carbocycles. The van der Waals surface area contributed by atoms with Gasteiger partial charge in [0.05, 0.1) is 16.5 Å². The predicted molar refractivity (Wildman–Crippen MR) is 171 cm³/mol. The molecule has 0 radical (unpaired) electrons. The molecule has 5 rings (SSSR count). The van der Waals surface area contributed by atoms with E-state index in [-0.39, 0.29) is 24.4 Å². The summed E-state index contributed by atoms with van der Waals surface area (Å²) in [6, 6.07) is 16.8. The molecule has 1 aliphatic carbocycles. The van der Waals surface area contributed by atoms with Crippen molar-refractivity contribution in [2.75, 3.05) is 39.8 Å². The third-order valence-corrected chi connectivity index (χ3v) is 10.7. The van der Waals surface area contributed by atoms with Crippen molar-refractivity contribution in [3.05, 3.63) is 69.0 Å². The lowest BCUT2D eigenvalue weighted by Gasteiger charge is -2.43. The first-order chi connectivity index (χ1) is 20.0. The summed E-state index contributed by atoms with van der Waals surface area (Å²) in [6.07, 6.45) is 10.9. The number of carbonyl (C=O) groups is 2. The maximum atomic E-state index is 13.6. The number of nitrogens with zero attached hydrogens (tertiary/aromatic N) is 2. The van der Waals surface area contributed by atoms with Gasteiger partial charge >= 0.3 is 0 Å². The quantitative estimate of drug-likeness (QED) is 0.250. The van der Waals surface area contributed by atoms with Gasteiger partial charge in [-0.1, -0.05) is 49.2 Å². The van der Waals surface area contributed by atoms with Gasteiger partial charge in [0.25, 0.3) is 5.91 Å². The van der Waals surface area contributed by atoms with Crippen LogP contribution >= 0.6 is 27.7 Å². The molecule has 3 fully saturated rings. The number of ether oxygens (including phenoxy) is 1. The molecule has 3 aliphatic rings. The fourth-order valence-electron chi connectivity index (χ4n) is 6.39. The van der Waals surface area contributed by atoms with E-state index in [1.807, 2.05) is 29.2 Å². The number of carbonyl (C=O) groups excluding carboxylic acids is 2. The van der Waals surface area contributed by atoms with E-state index in [4.69, 9.17) is 4.74 Å². The first kappa shape index (κ1) is 30.2. The number of likely N-dealkylation sites (tertiary alicyclic amines) is 1. The van der Waals surface area contributed by atoms with Crippen molar-refractivity contribution in [1.82, 2.24) is 15.1 Å². The van der Waals surface area contributed by atoms with Crippen molar-refractivity contribution < 1.29 is 14.3 Å². The Morgan fingerprint density at radius 2 is 1.88 bits per heavy atom. The van der Waals surface area contributed by atoms with Gasteiger partial charge in [-0.25, -0.2) is 0 Å². The second-order valence-electron chi connectivity index (χ2n) is 11.5. The van der Waals surface area contributed by atoms with Gasteiger partial charge in [0.15, 0.2) is 0 Å². The molecule has 220 valence electrons. The number of rotatable bonds is 10. The van der Waals surface area contributed by atoms with Gasteiger partial charge in [-0.2, -0.15) is 0 Å². The van der Waals surface area contributed by atoms with E-state index in [2.05, 4.69) is 56.5 Å². The first-order valence-electron chi connectivity index (χ1n) is 15.1. The van der Waals surface area contributed by atoms with Crippen molar-refractivity contribution in [2.24, 2.45) is 5.92 Å². The van der Waals surface area contributed by atoms with Crippen LogP contribution in [0.3, 0.4) is 0 Å². The van der Waals surface area contributed by atoms with Gasteiger partial charge in [0.1, 0.15) is 12.3 Å². The topological polar surface area (TPSA) is 61.9 Å². The fourth-order valence-corrected chi connectivity index (χ4v) is 8.42. The minimum Gasteiger partial charge on any atom is -0.496 e. The molecule has 0 spiro atoms. The molecule has 1 N–H and O–H groups in total. The highest BCUT2D eigenvalue weighted by Gasteiger charge is 2.41. The van der Waals surface area contributed by atoms with E-state index < -0.39 is 0 Å². The van der Waals surface area contributed by atoms with Crippen LogP contribution in [-0.2, 0) is 16.0 Å². The number of hydrogen-bond acceptors (Lipinski definition) is 5. The molecule has 0 aromatic heterocycles. The van der Waals surface area contributed by atoms with Crippen LogP contribution in [-0.4, -0.2) is 72.7 Å². The molecule has 6 nitrogen and oxygen atoms in total. The van der Waals surface area contributed by atoms with E-state index in [9.17, 15) is 9.59 Å². The number of thioether (sulfide) groups is 1. The lowest BCUT2D eigenvalue weighted by Crippen LogP contribution is -2.54. The van der Waals surface area contributed by atoms with Crippen LogP contribution in [0.25, 0.3) is 6.08 Å². The second kappa shape index (κ2) is 14.7. The van der Waals surface area contributed by atoms with E-state index in [0.717, 1.165) is 67.0 Å². The summed E-state index contributed by atoms with van der Waals surface area (Å²) in [7, 11) is 1.64. The number of hydrogen-bond donors (Lipinski definition) is 1. The van der Waals surface area contributed by atoms with Gasteiger partial charge < -0.3 is 19.9 Å². The zero-order valence-corrected chi connectivity index (χ0v) is 26.4. The SMILES string of the molecule is COc1ccc(/C=C2/SC3CCCCC3N(CC(=O)NCCCN3CCC(Cc4ccccc4)CC3)C2=O)cc1Br. The fraction of sp³-hybridized carbons (Fsp3) is 0.515. The minimum absolute atomic E-state index is 0.0291. The first-order valence-corrected chi connectivity index (χ1v) is 16.7. The molecular weight excluding hydrogens is 598 g/mol. The second-order valence-corrected chi connectivity index (χ2v) is 13.7. The zero-order valence-electron chi connectivity index (χ0n) is 24.0. The molecule has 2 atom stereocenters. The zero-order chi connectivity index (χ0) is 28.6. The predicted octanol–water partition coefficient (Wildman–Crippen LogP) is 6.15. The Labute approximate surface area is 257 Å². The van der Waals surface area contributed by atoms with Gasteiger partial charge in [-0.3, -0.25) is 9.59 Å². The van der Waals surface area contributed by atoms with Gasteiger partial charge in [0.2, 0.25) is 5.91 Å². The van der Waals surface area contributed by atoms with Crippen LogP contribution < -0.4 is 10.1 Å². The van der Waals surface area contributed by atoms with Crippen LogP contribution in [0.5, 0.6) is 5.75 Å². The van der Waals surface area contributed by atoms with Gasteiger partial charge in [0, 0.05) is 17.8 Å². The summed E-state index contributed by atoms with van der Waals surface area (Å²) < 4.78 is 6.20. The van der Waals surface area contributed by atoms with E-state index in [0.29, 0.717) is 16.7 Å². The molecule has 2 unspecified atom stereocenters. The van der Waals surface area contributed by atoms with Crippen molar-refractivity contribution in [3.8, 4) is 5.75 Å². The summed E-state index contributed by atoms with van der Waals surface area (Å²) in [4.78, 5) is 31.7. The normalized spacial score (nSPS) is 22.9. The number of amides is 2. The lowest BCUT2D eigenvalue weighted by atomic mass is 9.90. The van der Waals surface area contributed by atoms with Crippen molar-refractivity contribution in [1.29, 1.82) is 0 Å². The summed E-state index contributed by atoms with van der Waals surface area (Å²) in [5.74, 6) is 1.44. The van der Waals surface area contributed by atoms with E-state index in [1.54, 1.807) is 18.9 Å². The average molecular weight is 641 g/mol. The Hall–Kier alpha value is -2.29. The maximum absolute atomic E-state index is 13.6. The number of methoxy groups -OCH3 is 1. The van der Waals surface area contributed by atoms with Crippen LogP contribution in [0.15, 0.2) is 57.9 Å². The van der Waals surface area contributed by atoms with Crippen LogP contribution in [0, 0.1) is 5.92 Å². The molecule has 41 heavy (non-hydrogen) atoms. The molecule has 2 aromatic rings. The molecule has 2 aliphatic heterocycles. The highest BCUT2D eigenvalue weighted by Crippen LogP contribution is 2.42. The van der Waals surface area contributed by atoms with Gasteiger partial charge in [-0.05, 0) is 109 Å². The smallest absolute Gasteiger partial charge is 0.261 e. The number of halogens is 1. The Morgan fingerprint density at radius 3 is 2.63 bits per heavy atom. The molecular formula is C33H42BrN3O3S. The summed E-state index contributed by atoms with van der Waals surface area (Å²) in [6.45, 7) is 4.06. The van der Waals surface area contributed by atoms with Crippen molar-refractivity contribution in [3.63, 3.8) is 0 Å². The number of nitrogens with one attached hydrogen (secondary N) is 1. The average Bonchev–Trinajstić information content (AvgIpc) is 2.99. The third-order valence-electron chi connectivity index (χ3n) is 8.65. The van der Waals surface area contributed by atoms with Crippen LogP contribution in [0.2, 0.25) is 0 Å². The van der Waals surface area contributed by atoms with Crippen molar-refractivity contribution >= 4 is 45.6 Å². The Bertz CT molecular complexity index is 1220. The minimum atomic E-state index is -0.0531. The summed E-state index contributed by atoms with van der Waals surface area (Å²) >= 11 is 5.23. The van der Waals surface area contributed by atoms with Gasteiger partial charge in [-0.15, -0.1) is 11.8 Å². The Balaban J connectivity index is 1.09. The standard InChI is InChI=1S/C33H42BrN3O3S/c1-40-29-13-12-26(21-27(29)34)22-31-33(39)37(28-10-5-6-11-30(28)41-31)23-32(38)35-16-7-17-36-18-14-25(15-19-36)20-24-8-3-2-4-9-24/h2-4,8-9,12-13,21-22,25,28,30H,5-7,10-11,14-20,23H2,1H3,(H,35,38)/b31-22+. The van der Waals surface area contributed by atoms with E-state index in [1.165, 1.54) is 31.2 Å². The maximum Gasteiger partial charge on any atom is 0.261 e. The Kier molecular flexibility index (Phi) is 10.9. The highest BCUT2D eigenvalue weighted by atomic mass is 79.9. The summed E-state index contributed by atoms with van der Waals surface area (Å²) in [5, 5.41) is 3.45. The number of piperidine rings is 1. The van der Waals surface area contributed by atoms with Crippen LogP contribution in [0.4, 0.5) is 0 Å². The highest BCUT2D eigenvalue weighted by molar-refractivity contribution is 9.10.